The van der Waals surface area contributed by atoms with Crippen molar-refractivity contribution in [3.63, 3.8) is 0 Å². The van der Waals surface area contributed by atoms with Crippen molar-refractivity contribution in [1.29, 1.82) is 0 Å². The largest absolute Gasteiger partial charge is 0.325 e. The fourth-order valence-electron chi connectivity index (χ4n) is 3.58. The van der Waals surface area contributed by atoms with Gasteiger partial charge in [-0.15, -0.1) is 0 Å². The number of piperazine rings is 1. The quantitative estimate of drug-likeness (QED) is 0.708. The zero-order chi connectivity index (χ0) is 21.6. The third-order valence-electron chi connectivity index (χ3n) is 5.29. The number of quaternary nitrogens is 1. The lowest BCUT2D eigenvalue weighted by Gasteiger charge is -2.30. The number of hydrogen-bond donors (Lipinski definition) is 2. The lowest BCUT2D eigenvalue weighted by atomic mass is 10.0. The Balaban J connectivity index is 1.52. The van der Waals surface area contributed by atoms with Crippen LogP contribution in [0.2, 0.25) is 0 Å². The van der Waals surface area contributed by atoms with Crippen molar-refractivity contribution in [2.24, 2.45) is 0 Å². The van der Waals surface area contributed by atoms with E-state index >= 15 is 0 Å². The molecule has 6 nitrogen and oxygen atoms in total. The van der Waals surface area contributed by atoms with Gasteiger partial charge in [0.15, 0.2) is 6.54 Å². The minimum atomic E-state index is -3.46. The van der Waals surface area contributed by atoms with Crippen LogP contribution in [0.25, 0.3) is 6.08 Å². The van der Waals surface area contributed by atoms with Crippen molar-refractivity contribution < 1.29 is 18.1 Å². The van der Waals surface area contributed by atoms with Gasteiger partial charge < -0.3 is 10.2 Å². The molecule has 2 aromatic carbocycles. The summed E-state index contributed by atoms with van der Waals surface area (Å²) in [6.07, 6.45) is 1.62. The van der Waals surface area contributed by atoms with Gasteiger partial charge in [-0.3, -0.25) is 4.79 Å². The summed E-state index contributed by atoms with van der Waals surface area (Å²) < 4.78 is 26.6. The molecule has 1 fully saturated rings. The monoisotopic (exact) mass is 428 g/mol. The van der Waals surface area contributed by atoms with Gasteiger partial charge in [0, 0.05) is 11.1 Å². The first kappa shape index (κ1) is 22.2. The average molecular weight is 429 g/mol. The molecule has 0 radical (unpaired) electrons. The Morgan fingerprint density at radius 1 is 1.07 bits per heavy atom. The lowest BCUT2D eigenvalue weighted by Crippen LogP contribution is -3.15. The molecule has 7 heteroatoms. The number of amides is 1. The van der Waals surface area contributed by atoms with Crippen LogP contribution in [0, 0.1) is 0 Å². The molecule has 1 amide bonds. The van der Waals surface area contributed by atoms with Gasteiger partial charge in [-0.05, 0) is 29.2 Å². The molecule has 2 aromatic rings. The second kappa shape index (κ2) is 10.0. The number of carbonyl (C=O) groups excluding carboxylic acids is 1. The number of nitrogens with zero attached hydrogens (tertiary/aromatic N) is 1. The first-order valence-corrected chi connectivity index (χ1v) is 11.8. The van der Waals surface area contributed by atoms with E-state index in [-0.39, 0.29) is 5.91 Å². The number of sulfonamides is 1. The van der Waals surface area contributed by atoms with Crippen molar-refractivity contribution in [3.8, 4) is 0 Å². The standard InChI is InChI=1S/C23H29N3O3S/c1-19(2)21-10-6-7-11-22(21)24-23(27)18-25-13-15-26(16-14-25)30(28,29)17-12-20-8-4-3-5-9-20/h3-12,17,19H,13-16,18H2,1-2H3,(H,24,27)/p+1/b17-12+. The van der Waals surface area contributed by atoms with Crippen LogP contribution in [0.15, 0.2) is 60.0 Å². The van der Waals surface area contributed by atoms with Gasteiger partial charge in [0.1, 0.15) is 0 Å². The maximum Gasteiger partial charge on any atom is 0.279 e. The third-order valence-corrected chi connectivity index (χ3v) is 6.85. The maximum atomic E-state index is 12.6. The van der Waals surface area contributed by atoms with E-state index < -0.39 is 10.0 Å². The van der Waals surface area contributed by atoms with Gasteiger partial charge in [-0.1, -0.05) is 62.4 Å². The van der Waals surface area contributed by atoms with Gasteiger partial charge in [0.05, 0.1) is 26.2 Å². The highest BCUT2D eigenvalue weighted by Gasteiger charge is 2.28. The molecule has 160 valence electrons. The molecular formula is C23H30N3O3S+. The predicted octanol–water partition coefficient (Wildman–Crippen LogP) is 1.95. The molecule has 1 heterocycles. The Bertz CT molecular complexity index is 980. The Kier molecular flexibility index (Phi) is 7.42. The van der Waals surface area contributed by atoms with Gasteiger partial charge in [-0.25, -0.2) is 8.42 Å². The van der Waals surface area contributed by atoms with E-state index in [1.165, 1.54) is 9.71 Å². The Morgan fingerprint density at radius 3 is 2.37 bits per heavy atom. The normalized spacial score (nSPS) is 16.2. The minimum Gasteiger partial charge on any atom is -0.325 e. The topological polar surface area (TPSA) is 70.9 Å². The number of hydrogen-bond acceptors (Lipinski definition) is 3. The van der Waals surface area contributed by atoms with E-state index in [1.54, 1.807) is 6.08 Å². The second-order valence-electron chi connectivity index (χ2n) is 7.87. The third kappa shape index (κ3) is 6.01. The first-order valence-electron chi connectivity index (χ1n) is 10.3. The van der Waals surface area contributed by atoms with Crippen LogP contribution in [0.3, 0.4) is 0 Å². The number of benzene rings is 2. The predicted molar refractivity (Wildman–Crippen MR) is 121 cm³/mol. The summed E-state index contributed by atoms with van der Waals surface area (Å²) in [5.74, 6) is 0.282. The molecular weight excluding hydrogens is 398 g/mol. The molecule has 0 aromatic heterocycles. The summed E-state index contributed by atoms with van der Waals surface area (Å²) in [4.78, 5) is 13.6. The van der Waals surface area contributed by atoms with Gasteiger partial charge >= 0.3 is 0 Å². The molecule has 30 heavy (non-hydrogen) atoms. The fraction of sp³-hybridized carbons (Fsp3) is 0.348. The number of anilines is 1. The van der Waals surface area contributed by atoms with E-state index in [2.05, 4.69) is 19.2 Å². The molecule has 0 aliphatic carbocycles. The molecule has 2 N–H and O–H groups in total. The highest BCUT2D eigenvalue weighted by molar-refractivity contribution is 7.92. The van der Waals surface area contributed by atoms with Crippen LogP contribution < -0.4 is 10.2 Å². The number of nitrogens with one attached hydrogen (secondary N) is 2. The molecule has 1 saturated heterocycles. The van der Waals surface area contributed by atoms with Crippen LogP contribution in [-0.4, -0.2) is 51.4 Å². The Labute approximate surface area is 179 Å². The molecule has 3 rings (SSSR count). The van der Waals surface area contributed by atoms with Crippen LogP contribution in [0.5, 0.6) is 0 Å². The van der Waals surface area contributed by atoms with Gasteiger partial charge in [0.2, 0.25) is 10.0 Å². The summed E-state index contributed by atoms with van der Waals surface area (Å²) in [7, 11) is -3.46. The lowest BCUT2D eigenvalue weighted by molar-refractivity contribution is -0.895. The maximum absolute atomic E-state index is 12.6. The van der Waals surface area contributed by atoms with E-state index in [0.717, 1.165) is 21.7 Å². The number of carbonyl (C=O) groups is 1. The zero-order valence-electron chi connectivity index (χ0n) is 17.5. The smallest absolute Gasteiger partial charge is 0.279 e. The summed E-state index contributed by atoms with van der Waals surface area (Å²) in [6.45, 7) is 6.57. The van der Waals surface area contributed by atoms with E-state index in [9.17, 15) is 13.2 Å². The molecule has 0 bridgehead atoms. The number of rotatable bonds is 7. The highest BCUT2D eigenvalue weighted by Crippen LogP contribution is 2.23. The van der Waals surface area contributed by atoms with Crippen molar-refractivity contribution in [3.05, 3.63) is 71.1 Å². The molecule has 1 aliphatic heterocycles. The van der Waals surface area contributed by atoms with Crippen LogP contribution in [-0.2, 0) is 14.8 Å². The highest BCUT2D eigenvalue weighted by atomic mass is 32.2. The zero-order valence-corrected chi connectivity index (χ0v) is 18.4. The van der Waals surface area contributed by atoms with Crippen molar-refractivity contribution in [2.45, 2.75) is 19.8 Å². The van der Waals surface area contributed by atoms with E-state index in [0.29, 0.717) is 38.6 Å². The van der Waals surface area contributed by atoms with Crippen molar-refractivity contribution in [1.82, 2.24) is 4.31 Å². The Morgan fingerprint density at radius 2 is 1.70 bits per heavy atom. The molecule has 0 spiro atoms. The molecule has 0 atom stereocenters. The van der Waals surface area contributed by atoms with E-state index in [1.807, 2.05) is 54.6 Å². The van der Waals surface area contributed by atoms with Crippen molar-refractivity contribution in [2.75, 3.05) is 38.0 Å². The van der Waals surface area contributed by atoms with Crippen LogP contribution in [0.4, 0.5) is 5.69 Å². The summed E-state index contributed by atoms with van der Waals surface area (Å²) in [6, 6.07) is 17.2. The molecule has 0 unspecified atom stereocenters. The minimum absolute atomic E-state index is 0.0432. The number of para-hydroxylation sites is 1. The summed E-state index contributed by atoms with van der Waals surface area (Å²) in [5, 5.41) is 4.28. The SMILES string of the molecule is CC(C)c1ccccc1NC(=O)C[NH+]1CCN(S(=O)(=O)/C=C/c2ccccc2)CC1. The summed E-state index contributed by atoms with van der Waals surface area (Å²) >= 11 is 0. The average Bonchev–Trinajstić information content (AvgIpc) is 2.74. The first-order chi connectivity index (χ1) is 14.3. The van der Waals surface area contributed by atoms with Gasteiger partial charge in [-0.2, -0.15) is 4.31 Å². The van der Waals surface area contributed by atoms with Crippen molar-refractivity contribution >= 4 is 27.7 Å². The van der Waals surface area contributed by atoms with Crippen LogP contribution >= 0.6 is 0 Å². The fourth-order valence-corrected chi connectivity index (χ4v) is 4.78. The van der Waals surface area contributed by atoms with Crippen LogP contribution in [0.1, 0.15) is 30.9 Å². The summed E-state index contributed by atoms with van der Waals surface area (Å²) in [5.41, 5.74) is 2.81. The molecule has 1 aliphatic rings. The second-order valence-corrected chi connectivity index (χ2v) is 9.69. The van der Waals surface area contributed by atoms with Gasteiger partial charge in [0.25, 0.3) is 5.91 Å². The Hall–Kier alpha value is -2.48. The molecule has 0 saturated carbocycles. The van der Waals surface area contributed by atoms with E-state index in [4.69, 9.17) is 0 Å².